The van der Waals surface area contributed by atoms with Crippen LogP contribution >= 0.6 is 15.9 Å². The average Bonchev–Trinajstić information content (AvgIpc) is 3.09. The lowest BCUT2D eigenvalue weighted by Crippen LogP contribution is -2.11. The van der Waals surface area contributed by atoms with Crippen LogP contribution in [0.2, 0.25) is 0 Å². The Labute approximate surface area is 152 Å². The summed E-state index contributed by atoms with van der Waals surface area (Å²) >= 11 is 3.52. The maximum absolute atomic E-state index is 12.1. The highest BCUT2D eigenvalue weighted by Gasteiger charge is 2.07. The van der Waals surface area contributed by atoms with E-state index in [0.29, 0.717) is 11.5 Å². The number of halogens is 1. The second-order valence-electron chi connectivity index (χ2n) is 5.48. The number of H-pyrrole nitrogens is 1. The van der Waals surface area contributed by atoms with E-state index >= 15 is 0 Å². The molecule has 0 bridgehead atoms. The minimum atomic E-state index is -0.229. The van der Waals surface area contributed by atoms with Gasteiger partial charge in [-0.2, -0.15) is 0 Å². The van der Waals surface area contributed by atoms with Crippen molar-refractivity contribution in [3.63, 3.8) is 0 Å². The maximum Gasteiger partial charge on any atom is 0.274 e. The van der Waals surface area contributed by atoms with Gasteiger partial charge in [0.05, 0.1) is 11.0 Å². The van der Waals surface area contributed by atoms with Gasteiger partial charge in [-0.25, -0.2) is 4.98 Å². The third-order valence-corrected chi connectivity index (χ3v) is 4.49. The maximum atomic E-state index is 12.1. The van der Waals surface area contributed by atoms with Gasteiger partial charge in [-0.05, 0) is 42.5 Å². The van der Waals surface area contributed by atoms with Gasteiger partial charge in [0.1, 0.15) is 17.2 Å². The second kappa shape index (κ2) is 6.53. The monoisotopic (exact) mass is 392 g/mol. The molecule has 0 atom stereocenters. The van der Waals surface area contributed by atoms with Crippen molar-refractivity contribution in [1.82, 2.24) is 9.97 Å². The molecule has 0 fully saturated rings. The molecule has 4 aromatic rings. The van der Waals surface area contributed by atoms with Gasteiger partial charge < -0.3 is 9.40 Å². The number of rotatable bonds is 3. The van der Waals surface area contributed by atoms with Crippen molar-refractivity contribution < 1.29 is 4.42 Å². The summed E-state index contributed by atoms with van der Waals surface area (Å²) < 4.78 is 6.81. The molecule has 4 nitrogen and oxygen atoms in total. The molecule has 25 heavy (non-hydrogen) atoms. The second-order valence-corrected chi connectivity index (χ2v) is 6.34. The normalized spacial score (nSPS) is 11.4. The number of hydrogen-bond donors (Lipinski definition) is 1. The van der Waals surface area contributed by atoms with E-state index in [2.05, 4.69) is 25.9 Å². The first-order valence-corrected chi connectivity index (χ1v) is 8.52. The van der Waals surface area contributed by atoms with Crippen LogP contribution in [0, 0.1) is 0 Å². The van der Waals surface area contributed by atoms with Gasteiger partial charge in [-0.15, -0.1) is 0 Å². The van der Waals surface area contributed by atoms with Crippen LogP contribution in [0.15, 0.2) is 74.3 Å². The van der Waals surface area contributed by atoms with E-state index in [1.165, 1.54) is 0 Å². The number of furan rings is 1. The first-order chi connectivity index (χ1) is 12.2. The third kappa shape index (κ3) is 3.19. The molecule has 2 aromatic heterocycles. The fourth-order valence-corrected chi connectivity index (χ4v) is 3.05. The Morgan fingerprint density at radius 2 is 1.76 bits per heavy atom. The van der Waals surface area contributed by atoms with E-state index in [-0.39, 0.29) is 5.56 Å². The number of hydrogen-bond acceptors (Lipinski definition) is 3. The average molecular weight is 393 g/mol. The molecule has 0 amide bonds. The molecule has 0 unspecified atom stereocenters. The molecule has 2 heterocycles. The highest BCUT2D eigenvalue weighted by molar-refractivity contribution is 9.10. The van der Waals surface area contributed by atoms with Crippen molar-refractivity contribution in [1.29, 1.82) is 0 Å². The summed E-state index contributed by atoms with van der Waals surface area (Å²) in [6.07, 6.45) is 3.40. The molecule has 0 saturated heterocycles. The Morgan fingerprint density at radius 3 is 2.64 bits per heavy atom. The SMILES string of the molecule is O=c1[nH]c2ccccc2nc1/C=C/c1ccc(-c2ccccc2Br)o1. The van der Waals surface area contributed by atoms with Gasteiger partial charge >= 0.3 is 0 Å². The summed E-state index contributed by atoms with van der Waals surface area (Å²) in [5.74, 6) is 1.41. The minimum Gasteiger partial charge on any atom is -0.457 e. The zero-order chi connectivity index (χ0) is 17.2. The Balaban J connectivity index is 1.66. The molecule has 0 aliphatic rings. The number of benzene rings is 2. The molecule has 122 valence electrons. The van der Waals surface area contributed by atoms with Crippen molar-refractivity contribution in [2.75, 3.05) is 0 Å². The minimum absolute atomic E-state index is 0.229. The summed E-state index contributed by atoms with van der Waals surface area (Å²) in [5, 5.41) is 0. The standard InChI is InChI=1S/C20H13BrN2O2/c21-15-6-2-1-5-14(15)19-12-10-13(25-19)9-11-18-20(24)23-17-8-4-3-7-16(17)22-18/h1-12H,(H,23,24)/b11-9+. The lowest BCUT2D eigenvalue weighted by atomic mass is 10.2. The Hall–Kier alpha value is -2.92. The van der Waals surface area contributed by atoms with Crippen molar-refractivity contribution in [3.8, 4) is 11.3 Å². The zero-order valence-electron chi connectivity index (χ0n) is 13.1. The van der Waals surface area contributed by atoms with Gasteiger partial charge in [0, 0.05) is 10.0 Å². The molecule has 4 rings (SSSR count). The van der Waals surface area contributed by atoms with Crippen LogP contribution in [0.4, 0.5) is 0 Å². The van der Waals surface area contributed by atoms with Gasteiger partial charge in [0.15, 0.2) is 0 Å². The van der Waals surface area contributed by atoms with E-state index in [9.17, 15) is 4.79 Å². The molecule has 0 aliphatic heterocycles. The molecule has 0 spiro atoms. The Kier molecular flexibility index (Phi) is 4.07. The van der Waals surface area contributed by atoms with E-state index < -0.39 is 0 Å². The fraction of sp³-hybridized carbons (Fsp3) is 0. The first kappa shape index (κ1) is 15.6. The lowest BCUT2D eigenvalue weighted by Gasteiger charge is -1.99. The Morgan fingerprint density at radius 1 is 0.960 bits per heavy atom. The number of fused-ring (bicyclic) bond motifs is 1. The predicted molar refractivity (Wildman–Crippen MR) is 103 cm³/mol. The molecule has 2 aromatic carbocycles. The van der Waals surface area contributed by atoms with Gasteiger partial charge in [-0.1, -0.05) is 46.3 Å². The molecule has 0 aliphatic carbocycles. The largest absolute Gasteiger partial charge is 0.457 e. The van der Waals surface area contributed by atoms with E-state index in [0.717, 1.165) is 26.8 Å². The van der Waals surface area contributed by atoms with Crippen LogP contribution in [0.1, 0.15) is 11.5 Å². The molecule has 0 saturated carbocycles. The van der Waals surface area contributed by atoms with Crippen LogP contribution in [-0.2, 0) is 0 Å². The van der Waals surface area contributed by atoms with Crippen molar-refractivity contribution in [2.24, 2.45) is 0 Å². The summed E-state index contributed by atoms with van der Waals surface area (Å²) in [4.78, 5) is 19.3. The summed E-state index contributed by atoms with van der Waals surface area (Å²) in [7, 11) is 0. The van der Waals surface area contributed by atoms with Crippen LogP contribution in [0.5, 0.6) is 0 Å². The number of aromatic nitrogens is 2. The van der Waals surface area contributed by atoms with Gasteiger partial charge in [0.25, 0.3) is 5.56 Å². The molecule has 1 N–H and O–H groups in total. The van der Waals surface area contributed by atoms with Crippen LogP contribution in [-0.4, -0.2) is 9.97 Å². The predicted octanol–water partition coefficient (Wildman–Crippen LogP) is 5.12. The van der Waals surface area contributed by atoms with Crippen LogP contribution in [0.25, 0.3) is 34.5 Å². The van der Waals surface area contributed by atoms with E-state index in [1.807, 2.05) is 60.7 Å². The molecule has 0 radical (unpaired) electrons. The molecular weight excluding hydrogens is 380 g/mol. The van der Waals surface area contributed by atoms with Crippen LogP contribution < -0.4 is 5.56 Å². The smallest absolute Gasteiger partial charge is 0.274 e. The summed E-state index contributed by atoms with van der Waals surface area (Å²) in [6, 6.07) is 19.1. The summed E-state index contributed by atoms with van der Waals surface area (Å²) in [5.41, 5.74) is 2.56. The first-order valence-electron chi connectivity index (χ1n) is 7.72. The van der Waals surface area contributed by atoms with Crippen LogP contribution in [0.3, 0.4) is 0 Å². The van der Waals surface area contributed by atoms with Gasteiger partial charge in [-0.3, -0.25) is 4.79 Å². The third-order valence-electron chi connectivity index (χ3n) is 3.80. The van der Waals surface area contributed by atoms with Crippen molar-refractivity contribution in [3.05, 3.63) is 86.9 Å². The van der Waals surface area contributed by atoms with Crippen molar-refractivity contribution >= 4 is 39.1 Å². The number of aromatic amines is 1. The summed E-state index contributed by atoms with van der Waals surface area (Å²) in [6.45, 7) is 0. The zero-order valence-corrected chi connectivity index (χ0v) is 14.7. The van der Waals surface area contributed by atoms with Gasteiger partial charge in [0.2, 0.25) is 0 Å². The fourth-order valence-electron chi connectivity index (χ4n) is 2.57. The Bertz CT molecular complexity index is 1140. The number of nitrogens with one attached hydrogen (secondary N) is 1. The van der Waals surface area contributed by atoms with E-state index in [4.69, 9.17) is 4.42 Å². The quantitative estimate of drug-likeness (QED) is 0.526. The number of para-hydroxylation sites is 2. The molecule has 5 heteroatoms. The van der Waals surface area contributed by atoms with Crippen molar-refractivity contribution in [2.45, 2.75) is 0 Å². The van der Waals surface area contributed by atoms with E-state index in [1.54, 1.807) is 12.2 Å². The highest BCUT2D eigenvalue weighted by Crippen LogP contribution is 2.29. The highest BCUT2D eigenvalue weighted by atomic mass is 79.9. The number of nitrogens with zero attached hydrogens (tertiary/aromatic N) is 1. The molecular formula is C20H13BrN2O2. The lowest BCUT2D eigenvalue weighted by molar-refractivity contribution is 0.572. The topological polar surface area (TPSA) is 58.9 Å².